The molecule has 0 fully saturated rings. The Hall–Kier alpha value is -1.77. The van der Waals surface area contributed by atoms with E-state index in [2.05, 4.69) is 0 Å². The molecule has 0 saturated carbocycles. The van der Waals surface area contributed by atoms with Crippen molar-refractivity contribution in [3.8, 4) is 5.75 Å². The van der Waals surface area contributed by atoms with E-state index in [9.17, 15) is 4.79 Å². The number of para-hydroxylation sites is 1. The van der Waals surface area contributed by atoms with Gasteiger partial charge in [-0.25, -0.2) is 4.79 Å². The Bertz CT molecular complexity index is 341. The third kappa shape index (κ3) is 3.85. The standard InChI is InChI=1S/C12H14O3/c1-2-10(12(13)14)8-9-15-11-6-4-3-5-7-11/h2-7H,8-9H2,1H3,(H,13,14). The SMILES string of the molecule is CC=C(CCOc1ccccc1)C(=O)O. The van der Waals surface area contributed by atoms with Crippen molar-refractivity contribution in [2.24, 2.45) is 0 Å². The molecule has 1 N–H and O–H groups in total. The fraction of sp³-hybridized carbons (Fsp3) is 0.250. The minimum atomic E-state index is -0.880. The summed E-state index contributed by atoms with van der Waals surface area (Å²) in [5.74, 6) is -0.118. The van der Waals surface area contributed by atoms with E-state index in [4.69, 9.17) is 9.84 Å². The van der Waals surface area contributed by atoms with E-state index in [-0.39, 0.29) is 0 Å². The highest BCUT2D eigenvalue weighted by Gasteiger charge is 2.05. The lowest BCUT2D eigenvalue weighted by atomic mass is 10.2. The summed E-state index contributed by atoms with van der Waals surface area (Å²) in [6.07, 6.45) is 2.01. The summed E-state index contributed by atoms with van der Waals surface area (Å²) in [7, 11) is 0. The number of aliphatic carboxylic acids is 1. The molecule has 80 valence electrons. The van der Waals surface area contributed by atoms with Gasteiger partial charge in [0.25, 0.3) is 0 Å². The van der Waals surface area contributed by atoms with Crippen LogP contribution in [0.15, 0.2) is 42.0 Å². The van der Waals surface area contributed by atoms with Crippen LogP contribution < -0.4 is 4.74 Å². The number of carboxylic acids is 1. The molecule has 0 aliphatic rings. The Morgan fingerprint density at radius 1 is 1.40 bits per heavy atom. The first-order chi connectivity index (χ1) is 7.24. The Kier molecular flexibility index (Phi) is 4.41. The van der Waals surface area contributed by atoms with Gasteiger partial charge in [-0.2, -0.15) is 0 Å². The van der Waals surface area contributed by atoms with Gasteiger partial charge in [-0.1, -0.05) is 24.3 Å². The van der Waals surface area contributed by atoms with Crippen LogP contribution in [-0.4, -0.2) is 17.7 Å². The van der Waals surface area contributed by atoms with Gasteiger partial charge >= 0.3 is 5.97 Å². The molecule has 3 heteroatoms. The largest absolute Gasteiger partial charge is 0.493 e. The van der Waals surface area contributed by atoms with E-state index in [0.29, 0.717) is 18.6 Å². The number of hydrogen-bond donors (Lipinski definition) is 1. The molecule has 0 saturated heterocycles. The van der Waals surface area contributed by atoms with Crippen molar-refractivity contribution < 1.29 is 14.6 Å². The van der Waals surface area contributed by atoms with Gasteiger partial charge in [0.2, 0.25) is 0 Å². The summed E-state index contributed by atoms with van der Waals surface area (Å²) in [5.41, 5.74) is 0.380. The van der Waals surface area contributed by atoms with Crippen molar-refractivity contribution >= 4 is 5.97 Å². The van der Waals surface area contributed by atoms with E-state index in [1.165, 1.54) is 0 Å². The normalized spacial score (nSPS) is 11.1. The maximum atomic E-state index is 10.6. The lowest BCUT2D eigenvalue weighted by Gasteiger charge is -2.05. The van der Waals surface area contributed by atoms with Crippen LogP contribution in [0.25, 0.3) is 0 Å². The third-order valence-corrected chi connectivity index (χ3v) is 2.01. The second-order valence-corrected chi connectivity index (χ2v) is 3.03. The molecule has 1 aromatic rings. The average molecular weight is 206 g/mol. The minimum absolute atomic E-state index is 0.380. The van der Waals surface area contributed by atoms with Crippen LogP contribution in [0.1, 0.15) is 13.3 Å². The first kappa shape index (κ1) is 11.3. The zero-order valence-corrected chi connectivity index (χ0v) is 8.64. The average Bonchev–Trinajstić information content (AvgIpc) is 2.25. The second-order valence-electron chi connectivity index (χ2n) is 3.03. The number of allylic oxidation sites excluding steroid dienone is 1. The number of carboxylic acid groups (broad SMARTS) is 1. The van der Waals surface area contributed by atoms with Gasteiger partial charge < -0.3 is 9.84 Å². The van der Waals surface area contributed by atoms with Crippen LogP contribution in [0.5, 0.6) is 5.75 Å². The molecule has 0 amide bonds. The summed E-state index contributed by atoms with van der Waals surface area (Å²) in [4.78, 5) is 10.6. The van der Waals surface area contributed by atoms with Crippen LogP contribution in [0, 0.1) is 0 Å². The zero-order chi connectivity index (χ0) is 11.1. The highest BCUT2D eigenvalue weighted by molar-refractivity contribution is 5.86. The molecule has 0 spiro atoms. The predicted octanol–water partition coefficient (Wildman–Crippen LogP) is 2.49. The zero-order valence-electron chi connectivity index (χ0n) is 8.64. The molecule has 0 aliphatic carbocycles. The highest BCUT2D eigenvalue weighted by Crippen LogP contribution is 2.10. The molecule has 0 heterocycles. The van der Waals surface area contributed by atoms with E-state index < -0.39 is 5.97 Å². The summed E-state index contributed by atoms with van der Waals surface area (Å²) in [6, 6.07) is 9.35. The lowest BCUT2D eigenvalue weighted by molar-refractivity contribution is -0.132. The van der Waals surface area contributed by atoms with Gasteiger partial charge in [-0.15, -0.1) is 0 Å². The Labute approximate surface area is 89.0 Å². The highest BCUT2D eigenvalue weighted by atomic mass is 16.5. The molecule has 15 heavy (non-hydrogen) atoms. The van der Waals surface area contributed by atoms with E-state index in [1.54, 1.807) is 13.0 Å². The predicted molar refractivity (Wildman–Crippen MR) is 57.9 cm³/mol. The lowest BCUT2D eigenvalue weighted by Crippen LogP contribution is -2.06. The first-order valence-corrected chi connectivity index (χ1v) is 4.80. The molecule has 3 nitrogen and oxygen atoms in total. The quantitative estimate of drug-likeness (QED) is 0.753. The van der Waals surface area contributed by atoms with Crippen molar-refractivity contribution in [1.29, 1.82) is 0 Å². The van der Waals surface area contributed by atoms with Gasteiger partial charge in [0.1, 0.15) is 5.75 Å². The van der Waals surface area contributed by atoms with Gasteiger partial charge in [0.15, 0.2) is 0 Å². The van der Waals surface area contributed by atoms with Gasteiger partial charge in [-0.05, 0) is 19.1 Å². The van der Waals surface area contributed by atoms with Gasteiger partial charge in [-0.3, -0.25) is 0 Å². The summed E-state index contributed by atoms with van der Waals surface area (Å²) in [5, 5.41) is 8.75. The number of hydrogen-bond acceptors (Lipinski definition) is 2. The smallest absolute Gasteiger partial charge is 0.331 e. The van der Waals surface area contributed by atoms with E-state index in [1.807, 2.05) is 30.3 Å². The molecule has 0 aromatic heterocycles. The molecular formula is C12H14O3. The summed E-state index contributed by atoms with van der Waals surface area (Å²) in [6.45, 7) is 2.10. The van der Waals surface area contributed by atoms with Crippen molar-refractivity contribution in [3.05, 3.63) is 42.0 Å². The first-order valence-electron chi connectivity index (χ1n) is 4.80. The van der Waals surface area contributed by atoms with Crippen molar-refractivity contribution in [2.45, 2.75) is 13.3 Å². The molecular weight excluding hydrogens is 192 g/mol. The van der Waals surface area contributed by atoms with Crippen molar-refractivity contribution in [3.63, 3.8) is 0 Å². The topological polar surface area (TPSA) is 46.5 Å². The molecule has 1 rings (SSSR count). The van der Waals surface area contributed by atoms with Crippen LogP contribution in [0.4, 0.5) is 0 Å². The monoisotopic (exact) mass is 206 g/mol. The molecule has 0 bridgehead atoms. The number of benzene rings is 1. The van der Waals surface area contributed by atoms with Crippen molar-refractivity contribution in [2.75, 3.05) is 6.61 Å². The number of rotatable bonds is 5. The van der Waals surface area contributed by atoms with Gasteiger partial charge in [0.05, 0.1) is 6.61 Å². The fourth-order valence-corrected chi connectivity index (χ4v) is 1.17. The third-order valence-electron chi connectivity index (χ3n) is 2.01. The Morgan fingerprint density at radius 3 is 2.60 bits per heavy atom. The number of ether oxygens (including phenoxy) is 1. The van der Waals surface area contributed by atoms with E-state index in [0.717, 1.165) is 5.75 Å². The maximum absolute atomic E-state index is 10.6. The molecule has 0 radical (unpaired) electrons. The molecule has 0 atom stereocenters. The minimum Gasteiger partial charge on any atom is -0.493 e. The Morgan fingerprint density at radius 2 is 2.07 bits per heavy atom. The Balaban J connectivity index is 2.37. The summed E-state index contributed by atoms with van der Waals surface area (Å²) < 4.78 is 5.38. The fourth-order valence-electron chi connectivity index (χ4n) is 1.17. The van der Waals surface area contributed by atoms with Crippen LogP contribution in [0.3, 0.4) is 0 Å². The van der Waals surface area contributed by atoms with Crippen LogP contribution in [-0.2, 0) is 4.79 Å². The van der Waals surface area contributed by atoms with Gasteiger partial charge in [0, 0.05) is 12.0 Å². The van der Waals surface area contributed by atoms with Crippen LogP contribution in [0.2, 0.25) is 0 Å². The van der Waals surface area contributed by atoms with Crippen LogP contribution >= 0.6 is 0 Å². The summed E-state index contributed by atoms with van der Waals surface area (Å²) >= 11 is 0. The maximum Gasteiger partial charge on any atom is 0.331 e. The number of carbonyl (C=O) groups is 1. The van der Waals surface area contributed by atoms with E-state index >= 15 is 0 Å². The molecule has 1 aromatic carbocycles. The second kappa shape index (κ2) is 5.86. The molecule has 0 aliphatic heterocycles. The van der Waals surface area contributed by atoms with Crippen molar-refractivity contribution in [1.82, 2.24) is 0 Å². The molecule has 0 unspecified atom stereocenters.